The summed E-state index contributed by atoms with van der Waals surface area (Å²) in [5.74, 6) is 2.65. The first-order valence-corrected chi connectivity index (χ1v) is 7.17. The first-order valence-electron chi connectivity index (χ1n) is 6.79. The largest absolute Gasteiger partial charge is 0.351 e. The quantitative estimate of drug-likeness (QED) is 0.924. The first-order chi connectivity index (χ1) is 8.94. The molecule has 0 radical (unpaired) electrons. The van der Waals surface area contributed by atoms with E-state index in [0.29, 0.717) is 17.9 Å². The molecule has 1 N–H and O–H groups in total. The van der Waals surface area contributed by atoms with Crippen LogP contribution in [0.3, 0.4) is 0 Å². The molecule has 0 amide bonds. The number of nitrogens with one attached hydrogen (secondary N) is 1. The van der Waals surface area contributed by atoms with Gasteiger partial charge in [-0.15, -0.1) is 0 Å². The molecule has 1 aromatic rings. The molecule has 0 aliphatic heterocycles. The second kappa shape index (κ2) is 5.90. The zero-order chi connectivity index (χ0) is 14.0. The van der Waals surface area contributed by atoms with Crippen molar-refractivity contribution in [1.82, 2.24) is 15.0 Å². The van der Waals surface area contributed by atoms with Crippen LogP contribution in [0, 0.1) is 11.8 Å². The van der Waals surface area contributed by atoms with Gasteiger partial charge in [0.1, 0.15) is 0 Å². The Morgan fingerprint density at radius 2 is 1.68 bits per heavy atom. The maximum atomic E-state index is 5.94. The molecule has 1 aliphatic carbocycles. The highest BCUT2D eigenvalue weighted by atomic mass is 35.5. The number of hydrogen-bond acceptors (Lipinski definition) is 5. The van der Waals surface area contributed by atoms with Gasteiger partial charge in [0, 0.05) is 20.1 Å². The number of rotatable bonds is 3. The van der Waals surface area contributed by atoms with Gasteiger partial charge in [-0.2, -0.15) is 15.0 Å². The fourth-order valence-corrected chi connectivity index (χ4v) is 3.01. The number of hydrogen-bond donors (Lipinski definition) is 1. The van der Waals surface area contributed by atoms with E-state index in [9.17, 15) is 0 Å². The number of anilines is 2. The predicted octanol–water partition coefficient (Wildman–Crippen LogP) is 2.83. The number of halogens is 1. The summed E-state index contributed by atoms with van der Waals surface area (Å²) in [6.07, 6.45) is 3.62. The van der Waals surface area contributed by atoms with E-state index in [1.807, 2.05) is 19.0 Å². The Kier molecular flexibility index (Phi) is 4.45. The van der Waals surface area contributed by atoms with Gasteiger partial charge in [0.25, 0.3) is 0 Å². The second-order valence-corrected chi connectivity index (χ2v) is 6.22. The summed E-state index contributed by atoms with van der Waals surface area (Å²) in [6, 6.07) is 0.423. The van der Waals surface area contributed by atoms with Gasteiger partial charge in [-0.1, -0.05) is 13.8 Å². The van der Waals surface area contributed by atoms with Crippen LogP contribution in [0.1, 0.15) is 33.1 Å². The first kappa shape index (κ1) is 14.3. The van der Waals surface area contributed by atoms with Crippen molar-refractivity contribution in [3.8, 4) is 0 Å². The molecule has 5 nitrogen and oxygen atoms in total. The van der Waals surface area contributed by atoms with Crippen molar-refractivity contribution in [2.75, 3.05) is 24.3 Å². The molecule has 2 unspecified atom stereocenters. The van der Waals surface area contributed by atoms with Gasteiger partial charge in [0.05, 0.1) is 0 Å². The van der Waals surface area contributed by atoms with Gasteiger partial charge in [0.2, 0.25) is 17.2 Å². The maximum absolute atomic E-state index is 5.94. The fraction of sp³-hybridized carbons (Fsp3) is 0.769. The smallest absolute Gasteiger partial charge is 0.230 e. The summed E-state index contributed by atoms with van der Waals surface area (Å²) < 4.78 is 0. The monoisotopic (exact) mass is 283 g/mol. The average Bonchev–Trinajstić information content (AvgIpc) is 2.26. The molecular formula is C13H22ClN5. The molecule has 2 rings (SSSR count). The molecule has 1 aromatic heterocycles. The molecule has 6 heteroatoms. The maximum Gasteiger partial charge on any atom is 0.230 e. The van der Waals surface area contributed by atoms with Crippen LogP contribution in [0.25, 0.3) is 0 Å². The SMILES string of the molecule is CC1CC(C)CC(Nc2nc(Cl)nc(N(C)C)n2)C1. The van der Waals surface area contributed by atoms with E-state index < -0.39 is 0 Å². The third-order valence-electron chi connectivity index (χ3n) is 3.51. The highest BCUT2D eigenvalue weighted by Crippen LogP contribution is 2.30. The molecule has 1 fully saturated rings. The Morgan fingerprint density at radius 3 is 2.26 bits per heavy atom. The van der Waals surface area contributed by atoms with Crippen LogP contribution < -0.4 is 10.2 Å². The third kappa shape index (κ3) is 3.93. The number of aromatic nitrogens is 3. The highest BCUT2D eigenvalue weighted by Gasteiger charge is 2.24. The van der Waals surface area contributed by atoms with Crippen LogP contribution in [0.4, 0.5) is 11.9 Å². The van der Waals surface area contributed by atoms with Gasteiger partial charge in [-0.25, -0.2) is 0 Å². The van der Waals surface area contributed by atoms with Crippen molar-refractivity contribution >= 4 is 23.5 Å². The van der Waals surface area contributed by atoms with E-state index in [1.54, 1.807) is 0 Å². The lowest BCUT2D eigenvalue weighted by Crippen LogP contribution is -2.31. The zero-order valence-corrected chi connectivity index (χ0v) is 12.8. The lowest BCUT2D eigenvalue weighted by Gasteiger charge is -2.32. The molecule has 1 heterocycles. The standard InChI is InChI=1S/C13H22ClN5/c1-8-5-9(2)7-10(6-8)15-12-16-11(14)17-13(18-12)19(3)4/h8-10H,5-7H2,1-4H3,(H,15,16,17,18). The fourth-order valence-electron chi connectivity index (χ4n) is 2.85. The van der Waals surface area contributed by atoms with E-state index in [4.69, 9.17) is 11.6 Å². The summed E-state index contributed by atoms with van der Waals surface area (Å²) in [7, 11) is 3.78. The van der Waals surface area contributed by atoms with Gasteiger partial charge in [-0.3, -0.25) is 0 Å². The van der Waals surface area contributed by atoms with Crippen LogP contribution in [0.5, 0.6) is 0 Å². The second-order valence-electron chi connectivity index (χ2n) is 5.88. The lowest BCUT2D eigenvalue weighted by molar-refractivity contribution is 0.280. The molecule has 0 saturated heterocycles. The predicted molar refractivity (Wildman–Crippen MR) is 78.8 cm³/mol. The normalized spacial score (nSPS) is 27.1. The molecule has 2 atom stereocenters. The van der Waals surface area contributed by atoms with Crippen molar-refractivity contribution in [2.24, 2.45) is 11.8 Å². The van der Waals surface area contributed by atoms with Crippen LogP contribution in [-0.4, -0.2) is 35.1 Å². The molecule has 106 valence electrons. The summed E-state index contributed by atoms with van der Waals surface area (Å²) in [5.41, 5.74) is 0. The molecule has 0 aromatic carbocycles. The van der Waals surface area contributed by atoms with E-state index >= 15 is 0 Å². The van der Waals surface area contributed by atoms with Crippen LogP contribution >= 0.6 is 11.6 Å². The highest BCUT2D eigenvalue weighted by molar-refractivity contribution is 6.28. The topological polar surface area (TPSA) is 53.9 Å². The molecule has 0 spiro atoms. The summed E-state index contributed by atoms with van der Waals surface area (Å²) in [4.78, 5) is 14.5. The van der Waals surface area contributed by atoms with E-state index in [0.717, 1.165) is 24.7 Å². The summed E-state index contributed by atoms with van der Waals surface area (Å²) in [5, 5.41) is 3.64. The molecular weight excluding hydrogens is 262 g/mol. The third-order valence-corrected chi connectivity index (χ3v) is 3.68. The molecule has 19 heavy (non-hydrogen) atoms. The minimum atomic E-state index is 0.234. The number of nitrogens with zero attached hydrogens (tertiary/aromatic N) is 4. The van der Waals surface area contributed by atoms with Gasteiger partial charge < -0.3 is 10.2 Å². The Labute approximate surface area is 119 Å². The molecule has 1 saturated carbocycles. The van der Waals surface area contributed by atoms with E-state index in [1.165, 1.54) is 6.42 Å². The van der Waals surface area contributed by atoms with Crippen molar-refractivity contribution in [3.05, 3.63) is 5.28 Å². The van der Waals surface area contributed by atoms with Crippen molar-refractivity contribution in [1.29, 1.82) is 0 Å². The minimum Gasteiger partial charge on any atom is -0.351 e. The van der Waals surface area contributed by atoms with Gasteiger partial charge in [0.15, 0.2) is 0 Å². The summed E-state index contributed by atoms with van der Waals surface area (Å²) >= 11 is 5.94. The van der Waals surface area contributed by atoms with E-state index in [-0.39, 0.29) is 5.28 Å². The van der Waals surface area contributed by atoms with E-state index in [2.05, 4.69) is 34.1 Å². The Balaban J connectivity index is 2.10. The molecule has 1 aliphatic rings. The van der Waals surface area contributed by atoms with Crippen molar-refractivity contribution < 1.29 is 0 Å². The van der Waals surface area contributed by atoms with Crippen molar-refractivity contribution in [2.45, 2.75) is 39.2 Å². The van der Waals surface area contributed by atoms with Gasteiger partial charge >= 0.3 is 0 Å². The van der Waals surface area contributed by atoms with Gasteiger partial charge in [-0.05, 0) is 42.7 Å². The van der Waals surface area contributed by atoms with Crippen LogP contribution in [0.2, 0.25) is 5.28 Å². The Hall–Kier alpha value is -1.10. The van der Waals surface area contributed by atoms with Crippen molar-refractivity contribution in [3.63, 3.8) is 0 Å². The zero-order valence-electron chi connectivity index (χ0n) is 12.0. The average molecular weight is 284 g/mol. The Bertz CT molecular complexity index is 427. The van der Waals surface area contributed by atoms with Crippen LogP contribution in [0.15, 0.2) is 0 Å². The van der Waals surface area contributed by atoms with Crippen LogP contribution in [-0.2, 0) is 0 Å². The lowest BCUT2D eigenvalue weighted by atomic mass is 9.80. The molecule has 0 bridgehead atoms. The summed E-state index contributed by atoms with van der Waals surface area (Å²) in [6.45, 7) is 4.60. The minimum absolute atomic E-state index is 0.234. The Morgan fingerprint density at radius 1 is 1.05 bits per heavy atom.